The molecule has 1 heterocycles. The highest BCUT2D eigenvalue weighted by atomic mass is 35.5. The third kappa shape index (κ3) is 2.19. The molecule has 0 unspecified atom stereocenters. The summed E-state index contributed by atoms with van der Waals surface area (Å²) in [7, 11) is 1.42. The van der Waals surface area contributed by atoms with Crippen molar-refractivity contribution >= 4 is 17.5 Å². The third-order valence-electron chi connectivity index (χ3n) is 2.30. The van der Waals surface area contributed by atoms with Gasteiger partial charge in [-0.05, 0) is 12.1 Å². The van der Waals surface area contributed by atoms with Crippen LogP contribution in [0.4, 0.5) is 5.95 Å². The van der Waals surface area contributed by atoms with Gasteiger partial charge in [-0.25, -0.2) is 4.98 Å². The fraction of sp³-hybridized carbons (Fsp3) is 0.0833. The first-order valence-electron chi connectivity index (χ1n) is 5.03. The van der Waals surface area contributed by atoms with Gasteiger partial charge >= 0.3 is 0 Å². The molecular weight excluding hydrogens is 252 g/mol. The second-order valence-electron chi connectivity index (χ2n) is 3.44. The Bertz CT molecular complexity index is 636. The number of ether oxygens (including phenoxy) is 1. The molecule has 5 nitrogen and oxygen atoms in total. The molecule has 2 aromatic rings. The van der Waals surface area contributed by atoms with Gasteiger partial charge in [0.1, 0.15) is 11.6 Å². The van der Waals surface area contributed by atoms with Crippen molar-refractivity contribution in [3.63, 3.8) is 0 Å². The predicted molar refractivity (Wildman–Crippen MR) is 68.2 cm³/mol. The van der Waals surface area contributed by atoms with Crippen molar-refractivity contribution in [2.75, 3.05) is 12.8 Å². The van der Waals surface area contributed by atoms with Crippen LogP contribution in [-0.2, 0) is 0 Å². The number of nitrogens with zero attached hydrogens (tertiary/aromatic N) is 3. The summed E-state index contributed by atoms with van der Waals surface area (Å²) in [5, 5.41) is 9.72. The maximum atomic E-state index is 9.17. The molecule has 0 saturated heterocycles. The van der Waals surface area contributed by atoms with Gasteiger partial charge < -0.3 is 10.5 Å². The van der Waals surface area contributed by atoms with Crippen molar-refractivity contribution in [2.45, 2.75) is 0 Å². The van der Waals surface area contributed by atoms with Crippen LogP contribution in [0.5, 0.6) is 5.88 Å². The van der Waals surface area contributed by atoms with Gasteiger partial charge in [0.05, 0.1) is 12.8 Å². The molecule has 1 aromatic heterocycles. The fourth-order valence-electron chi connectivity index (χ4n) is 1.55. The summed E-state index contributed by atoms with van der Waals surface area (Å²) in [4.78, 5) is 7.93. The summed E-state index contributed by atoms with van der Waals surface area (Å²) >= 11 is 5.91. The quantitative estimate of drug-likeness (QED) is 0.895. The first kappa shape index (κ1) is 12.1. The SMILES string of the molecule is COc1nc(N)nc(-c2cccc(Cl)c2)c1C#N. The normalized spacial score (nSPS) is 9.83. The summed E-state index contributed by atoms with van der Waals surface area (Å²) in [6.45, 7) is 0. The van der Waals surface area contributed by atoms with Gasteiger partial charge in [0, 0.05) is 10.6 Å². The molecule has 0 aliphatic carbocycles. The number of hydrogen-bond donors (Lipinski definition) is 1. The third-order valence-corrected chi connectivity index (χ3v) is 2.53. The summed E-state index contributed by atoms with van der Waals surface area (Å²) in [5.74, 6) is 0.195. The number of aromatic nitrogens is 2. The van der Waals surface area contributed by atoms with E-state index in [1.54, 1.807) is 24.3 Å². The van der Waals surface area contributed by atoms with Crippen molar-refractivity contribution < 1.29 is 4.74 Å². The monoisotopic (exact) mass is 260 g/mol. The highest BCUT2D eigenvalue weighted by molar-refractivity contribution is 6.30. The lowest BCUT2D eigenvalue weighted by atomic mass is 10.1. The Hall–Kier alpha value is -2.32. The van der Waals surface area contributed by atoms with Crippen LogP contribution in [0.25, 0.3) is 11.3 Å². The number of nitrogen functional groups attached to an aromatic ring is 1. The molecule has 2 rings (SSSR count). The Morgan fingerprint density at radius 3 is 2.78 bits per heavy atom. The van der Waals surface area contributed by atoms with E-state index in [1.165, 1.54) is 7.11 Å². The lowest BCUT2D eigenvalue weighted by molar-refractivity contribution is 0.396. The minimum Gasteiger partial charge on any atom is -0.480 e. The average molecular weight is 261 g/mol. The van der Waals surface area contributed by atoms with Crippen LogP contribution < -0.4 is 10.5 Å². The predicted octanol–water partition coefficient (Wildman–Crippen LogP) is 2.26. The Kier molecular flexibility index (Phi) is 3.31. The molecule has 0 aliphatic heterocycles. The van der Waals surface area contributed by atoms with E-state index in [0.717, 1.165) is 0 Å². The van der Waals surface area contributed by atoms with Crippen LogP contribution in [-0.4, -0.2) is 17.1 Å². The van der Waals surface area contributed by atoms with Crippen LogP contribution >= 0.6 is 11.6 Å². The molecule has 0 saturated carbocycles. The first-order chi connectivity index (χ1) is 8.65. The number of nitrogens with two attached hydrogens (primary N) is 1. The molecular formula is C12H9ClN4O. The molecule has 0 bridgehead atoms. The molecule has 6 heteroatoms. The van der Waals surface area contributed by atoms with E-state index in [-0.39, 0.29) is 17.4 Å². The molecule has 0 spiro atoms. The number of hydrogen-bond acceptors (Lipinski definition) is 5. The zero-order valence-electron chi connectivity index (χ0n) is 9.51. The second kappa shape index (κ2) is 4.90. The minimum absolute atomic E-state index is 0.0424. The van der Waals surface area contributed by atoms with E-state index in [2.05, 4.69) is 9.97 Å². The lowest BCUT2D eigenvalue weighted by Gasteiger charge is -2.08. The number of nitriles is 1. The highest BCUT2D eigenvalue weighted by Crippen LogP contribution is 2.29. The molecule has 0 radical (unpaired) electrons. The van der Waals surface area contributed by atoms with Crippen molar-refractivity contribution in [1.82, 2.24) is 9.97 Å². The molecule has 90 valence electrons. The van der Waals surface area contributed by atoms with Crippen molar-refractivity contribution in [3.8, 4) is 23.2 Å². The van der Waals surface area contributed by atoms with E-state index < -0.39 is 0 Å². The highest BCUT2D eigenvalue weighted by Gasteiger charge is 2.15. The standard InChI is InChI=1S/C12H9ClN4O/c1-18-11-9(6-14)10(16-12(15)17-11)7-3-2-4-8(13)5-7/h2-5H,1H3,(H2,15,16,17). The Morgan fingerprint density at radius 2 is 2.17 bits per heavy atom. The number of anilines is 1. The molecule has 0 aliphatic rings. The Labute approximate surface area is 109 Å². The maximum absolute atomic E-state index is 9.17. The number of rotatable bonds is 2. The van der Waals surface area contributed by atoms with E-state index >= 15 is 0 Å². The van der Waals surface area contributed by atoms with E-state index in [4.69, 9.17) is 27.3 Å². The van der Waals surface area contributed by atoms with Crippen molar-refractivity contribution in [2.24, 2.45) is 0 Å². The van der Waals surface area contributed by atoms with Gasteiger partial charge in [0.25, 0.3) is 0 Å². The molecule has 0 atom stereocenters. The van der Waals surface area contributed by atoms with Crippen LogP contribution in [0.15, 0.2) is 24.3 Å². The Morgan fingerprint density at radius 1 is 1.39 bits per heavy atom. The first-order valence-corrected chi connectivity index (χ1v) is 5.41. The average Bonchev–Trinajstić information content (AvgIpc) is 2.37. The molecule has 2 N–H and O–H groups in total. The number of benzene rings is 1. The largest absolute Gasteiger partial charge is 0.480 e. The molecule has 0 fully saturated rings. The van der Waals surface area contributed by atoms with Crippen LogP contribution in [0.2, 0.25) is 5.02 Å². The second-order valence-corrected chi connectivity index (χ2v) is 3.87. The van der Waals surface area contributed by atoms with Crippen molar-refractivity contribution in [1.29, 1.82) is 5.26 Å². The van der Waals surface area contributed by atoms with Gasteiger partial charge in [0.2, 0.25) is 11.8 Å². The fourth-order valence-corrected chi connectivity index (χ4v) is 1.74. The smallest absolute Gasteiger partial charge is 0.236 e. The van der Waals surface area contributed by atoms with E-state index in [1.807, 2.05) is 6.07 Å². The molecule has 18 heavy (non-hydrogen) atoms. The van der Waals surface area contributed by atoms with Crippen LogP contribution in [0.1, 0.15) is 5.56 Å². The van der Waals surface area contributed by atoms with Gasteiger partial charge in [-0.15, -0.1) is 0 Å². The summed E-state index contributed by atoms with van der Waals surface area (Å²) in [6, 6.07) is 9.00. The molecule has 1 aromatic carbocycles. The summed E-state index contributed by atoms with van der Waals surface area (Å²) in [5.41, 5.74) is 6.91. The zero-order valence-corrected chi connectivity index (χ0v) is 10.3. The molecule has 0 amide bonds. The lowest BCUT2D eigenvalue weighted by Crippen LogP contribution is -2.03. The zero-order chi connectivity index (χ0) is 13.1. The van der Waals surface area contributed by atoms with Crippen LogP contribution in [0.3, 0.4) is 0 Å². The van der Waals surface area contributed by atoms with Gasteiger partial charge in [-0.3, -0.25) is 0 Å². The van der Waals surface area contributed by atoms with E-state index in [0.29, 0.717) is 16.3 Å². The topological polar surface area (TPSA) is 84.8 Å². The Balaban J connectivity index is 2.71. The van der Waals surface area contributed by atoms with Gasteiger partial charge in [0.15, 0.2) is 0 Å². The van der Waals surface area contributed by atoms with Gasteiger partial charge in [-0.1, -0.05) is 23.7 Å². The van der Waals surface area contributed by atoms with Gasteiger partial charge in [-0.2, -0.15) is 10.2 Å². The maximum Gasteiger partial charge on any atom is 0.236 e. The van der Waals surface area contributed by atoms with E-state index in [9.17, 15) is 0 Å². The minimum atomic E-state index is 0.0424. The van der Waals surface area contributed by atoms with Crippen molar-refractivity contribution in [3.05, 3.63) is 34.9 Å². The summed E-state index contributed by atoms with van der Waals surface area (Å²) < 4.78 is 5.02. The summed E-state index contributed by atoms with van der Waals surface area (Å²) in [6.07, 6.45) is 0. The number of methoxy groups -OCH3 is 1. The van der Waals surface area contributed by atoms with Crippen LogP contribution in [0, 0.1) is 11.3 Å². The number of halogens is 1.